The van der Waals surface area contributed by atoms with E-state index in [2.05, 4.69) is 10.6 Å². The molecule has 0 saturated heterocycles. The molecule has 2 amide bonds. The van der Waals surface area contributed by atoms with Crippen LogP contribution in [-0.2, 0) is 9.59 Å². The van der Waals surface area contributed by atoms with Crippen molar-refractivity contribution in [1.82, 2.24) is 5.32 Å². The Labute approximate surface area is 123 Å². The lowest BCUT2D eigenvalue weighted by Crippen LogP contribution is -2.35. The largest absolute Gasteiger partial charge is 0.396 e. The molecule has 0 saturated carbocycles. The van der Waals surface area contributed by atoms with Gasteiger partial charge < -0.3 is 15.7 Å². The highest BCUT2D eigenvalue weighted by atomic mass is 16.3. The second-order valence-corrected chi connectivity index (χ2v) is 4.63. The molecule has 1 rings (SSSR count). The highest BCUT2D eigenvalue weighted by molar-refractivity contribution is 6.39. The molecule has 0 aromatic heterocycles. The van der Waals surface area contributed by atoms with Crippen LogP contribution in [0.15, 0.2) is 24.3 Å². The molecule has 6 nitrogen and oxygen atoms in total. The summed E-state index contributed by atoms with van der Waals surface area (Å²) in [5.41, 5.74) is 0.875. The summed E-state index contributed by atoms with van der Waals surface area (Å²) in [6.07, 6.45) is 2.18. The van der Waals surface area contributed by atoms with E-state index in [1.807, 2.05) is 0 Å². The maximum absolute atomic E-state index is 11.7. The van der Waals surface area contributed by atoms with Gasteiger partial charge >= 0.3 is 11.8 Å². The smallest absolute Gasteiger partial charge is 0.313 e. The number of aliphatic hydroxyl groups excluding tert-OH is 1. The van der Waals surface area contributed by atoms with Crippen LogP contribution in [0.1, 0.15) is 36.5 Å². The van der Waals surface area contributed by atoms with Gasteiger partial charge in [-0.05, 0) is 38.3 Å². The Kier molecular flexibility index (Phi) is 7.11. The summed E-state index contributed by atoms with van der Waals surface area (Å²) in [6, 6.07) is 6.41. The number of hydrogen-bond donors (Lipinski definition) is 3. The summed E-state index contributed by atoms with van der Waals surface area (Å²) in [7, 11) is 0. The number of carbonyl (C=O) groups is 3. The first-order valence-corrected chi connectivity index (χ1v) is 6.85. The van der Waals surface area contributed by atoms with Gasteiger partial charge in [0.25, 0.3) is 0 Å². The molecule has 0 atom stereocenters. The number of aliphatic hydroxyl groups is 1. The van der Waals surface area contributed by atoms with Gasteiger partial charge in [0.15, 0.2) is 5.78 Å². The second kappa shape index (κ2) is 8.86. The number of amides is 2. The van der Waals surface area contributed by atoms with Crippen LogP contribution in [0.2, 0.25) is 0 Å². The van der Waals surface area contributed by atoms with Gasteiger partial charge in [0, 0.05) is 24.4 Å². The average molecular weight is 292 g/mol. The molecule has 114 valence electrons. The summed E-state index contributed by atoms with van der Waals surface area (Å²) in [5.74, 6) is -1.59. The first-order chi connectivity index (χ1) is 10.0. The van der Waals surface area contributed by atoms with Gasteiger partial charge in [-0.1, -0.05) is 12.1 Å². The monoisotopic (exact) mass is 292 g/mol. The number of carbonyl (C=O) groups excluding carboxylic acids is 3. The summed E-state index contributed by atoms with van der Waals surface area (Å²) in [4.78, 5) is 34.5. The minimum Gasteiger partial charge on any atom is -0.396 e. The van der Waals surface area contributed by atoms with Crippen molar-refractivity contribution in [2.24, 2.45) is 0 Å². The predicted octanol–water partition coefficient (Wildman–Crippen LogP) is 1.11. The molecule has 0 aliphatic rings. The molecular weight excluding hydrogens is 272 g/mol. The molecule has 0 heterocycles. The first kappa shape index (κ1) is 16.8. The third-order valence-corrected chi connectivity index (χ3v) is 2.85. The van der Waals surface area contributed by atoms with Crippen LogP contribution in [0.4, 0.5) is 5.69 Å². The molecule has 6 heteroatoms. The van der Waals surface area contributed by atoms with Crippen LogP contribution in [0, 0.1) is 0 Å². The summed E-state index contributed by atoms with van der Waals surface area (Å²) >= 11 is 0. The Morgan fingerprint density at radius 2 is 1.86 bits per heavy atom. The van der Waals surface area contributed by atoms with E-state index in [-0.39, 0.29) is 12.4 Å². The zero-order valence-electron chi connectivity index (χ0n) is 12.0. The van der Waals surface area contributed by atoms with Crippen LogP contribution in [0.25, 0.3) is 0 Å². The third kappa shape index (κ3) is 6.18. The van der Waals surface area contributed by atoms with Crippen molar-refractivity contribution in [2.75, 3.05) is 18.5 Å². The van der Waals surface area contributed by atoms with E-state index < -0.39 is 11.8 Å². The van der Waals surface area contributed by atoms with Gasteiger partial charge in [-0.3, -0.25) is 14.4 Å². The van der Waals surface area contributed by atoms with Crippen LogP contribution in [0.5, 0.6) is 0 Å². The van der Waals surface area contributed by atoms with E-state index in [0.717, 1.165) is 6.42 Å². The zero-order valence-corrected chi connectivity index (χ0v) is 12.0. The predicted molar refractivity (Wildman–Crippen MR) is 79.0 cm³/mol. The molecule has 1 aromatic carbocycles. The standard InChI is InChI=1S/C15H20N2O4/c1-11(19)12-6-5-7-13(10-12)17-15(21)14(20)16-8-3-2-4-9-18/h5-7,10,18H,2-4,8-9H2,1H3,(H,16,20)(H,17,21). The minimum atomic E-state index is -0.766. The normalized spacial score (nSPS) is 10.0. The van der Waals surface area contributed by atoms with Crippen LogP contribution in [-0.4, -0.2) is 35.9 Å². The van der Waals surface area contributed by atoms with Gasteiger partial charge in [0.05, 0.1) is 0 Å². The van der Waals surface area contributed by atoms with Crippen molar-refractivity contribution in [1.29, 1.82) is 0 Å². The molecule has 0 bridgehead atoms. The van der Waals surface area contributed by atoms with Gasteiger partial charge in [0.2, 0.25) is 0 Å². The quantitative estimate of drug-likeness (QED) is 0.398. The molecular formula is C15H20N2O4. The third-order valence-electron chi connectivity index (χ3n) is 2.85. The van der Waals surface area contributed by atoms with E-state index in [0.29, 0.717) is 30.6 Å². The number of unbranched alkanes of at least 4 members (excludes halogenated alkanes) is 2. The van der Waals surface area contributed by atoms with Crippen molar-refractivity contribution < 1.29 is 19.5 Å². The number of nitrogens with one attached hydrogen (secondary N) is 2. The number of anilines is 1. The molecule has 0 radical (unpaired) electrons. The Balaban J connectivity index is 2.43. The number of rotatable bonds is 7. The molecule has 3 N–H and O–H groups in total. The maximum atomic E-state index is 11.7. The highest BCUT2D eigenvalue weighted by Crippen LogP contribution is 2.10. The fourth-order valence-corrected chi connectivity index (χ4v) is 1.70. The van der Waals surface area contributed by atoms with Gasteiger partial charge in [-0.2, -0.15) is 0 Å². The van der Waals surface area contributed by atoms with Gasteiger partial charge in [-0.15, -0.1) is 0 Å². The summed E-state index contributed by atoms with van der Waals surface area (Å²) < 4.78 is 0. The molecule has 0 aliphatic carbocycles. The molecule has 1 aromatic rings. The van der Waals surface area contributed by atoms with Crippen molar-refractivity contribution in [3.63, 3.8) is 0 Å². The fourth-order valence-electron chi connectivity index (χ4n) is 1.70. The van der Waals surface area contributed by atoms with Crippen LogP contribution in [0.3, 0.4) is 0 Å². The maximum Gasteiger partial charge on any atom is 0.313 e. The van der Waals surface area contributed by atoms with Crippen LogP contribution < -0.4 is 10.6 Å². The lowest BCUT2D eigenvalue weighted by atomic mass is 10.1. The van der Waals surface area contributed by atoms with Crippen molar-refractivity contribution in [3.05, 3.63) is 29.8 Å². The second-order valence-electron chi connectivity index (χ2n) is 4.63. The van der Waals surface area contributed by atoms with E-state index in [1.54, 1.807) is 18.2 Å². The Hall–Kier alpha value is -2.21. The van der Waals surface area contributed by atoms with Crippen molar-refractivity contribution >= 4 is 23.3 Å². The number of hydrogen-bond acceptors (Lipinski definition) is 4. The van der Waals surface area contributed by atoms with E-state index in [9.17, 15) is 14.4 Å². The fraction of sp³-hybridized carbons (Fsp3) is 0.400. The van der Waals surface area contributed by atoms with Crippen molar-refractivity contribution in [2.45, 2.75) is 26.2 Å². The SMILES string of the molecule is CC(=O)c1cccc(NC(=O)C(=O)NCCCCCO)c1. The average Bonchev–Trinajstić information content (AvgIpc) is 2.47. The molecule has 0 fully saturated rings. The van der Waals surface area contributed by atoms with E-state index in [1.165, 1.54) is 13.0 Å². The first-order valence-electron chi connectivity index (χ1n) is 6.85. The zero-order chi connectivity index (χ0) is 15.7. The Bertz CT molecular complexity index is 514. The molecule has 0 spiro atoms. The van der Waals surface area contributed by atoms with Crippen molar-refractivity contribution in [3.8, 4) is 0 Å². The lowest BCUT2D eigenvalue weighted by molar-refractivity contribution is -0.136. The van der Waals surface area contributed by atoms with E-state index in [4.69, 9.17) is 5.11 Å². The highest BCUT2D eigenvalue weighted by Gasteiger charge is 2.13. The molecule has 0 aliphatic heterocycles. The van der Waals surface area contributed by atoms with Gasteiger partial charge in [-0.25, -0.2) is 0 Å². The molecule has 21 heavy (non-hydrogen) atoms. The van der Waals surface area contributed by atoms with Crippen LogP contribution >= 0.6 is 0 Å². The number of Topliss-reactive ketones (excluding diaryl/α,β-unsaturated/α-hetero) is 1. The van der Waals surface area contributed by atoms with E-state index >= 15 is 0 Å². The summed E-state index contributed by atoms with van der Waals surface area (Å²) in [5, 5.41) is 13.6. The Morgan fingerprint density at radius 1 is 1.10 bits per heavy atom. The minimum absolute atomic E-state index is 0.112. The summed E-state index contributed by atoms with van der Waals surface area (Å²) in [6.45, 7) is 1.95. The van der Waals surface area contributed by atoms with Gasteiger partial charge in [0.1, 0.15) is 0 Å². The topological polar surface area (TPSA) is 95.5 Å². The molecule has 0 unspecified atom stereocenters. The Morgan fingerprint density at radius 3 is 2.52 bits per heavy atom. The number of ketones is 1. The number of benzene rings is 1. The lowest BCUT2D eigenvalue weighted by Gasteiger charge is -2.07.